The highest BCUT2D eigenvalue weighted by atomic mass is 32.2. The van der Waals surface area contributed by atoms with Gasteiger partial charge in [0.25, 0.3) is 10.0 Å². The lowest BCUT2D eigenvalue weighted by molar-refractivity contribution is -0.139. The van der Waals surface area contributed by atoms with Crippen LogP contribution in [0.25, 0.3) is 0 Å². The average Bonchev–Trinajstić information content (AvgIpc) is 2.66. The van der Waals surface area contributed by atoms with E-state index in [4.69, 9.17) is 9.47 Å². The van der Waals surface area contributed by atoms with Gasteiger partial charge in [0.2, 0.25) is 0 Å². The van der Waals surface area contributed by atoms with Crippen LogP contribution in [0.1, 0.15) is 28.8 Å². The fourth-order valence-electron chi connectivity index (χ4n) is 3.54. The third kappa shape index (κ3) is 3.69. The van der Waals surface area contributed by atoms with E-state index in [1.54, 1.807) is 39.2 Å². The predicted octanol–water partition coefficient (Wildman–Crippen LogP) is 2.56. The van der Waals surface area contributed by atoms with Crippen molar-refractivity contribution in [3.8, 4) is 5.75 Å². The smallest absolute Gasteiger partial charge is 0.311 e. The van der Waals surface area contributed by atoms with Gasteiger partial charge in [-0.05, 0) is 61.6 Å². The van der Waals surface area contributed by atoms with Crippen molar-refractivity contribution in [1.29, 1.82) is 0 Å². The molecule has 150 valence electrons. The number of carbonyl (C=O) groups is 1. The number of benzene rings is 1. The number of pyridine rings is 1. The molecule has 0 unspecified atom stereocenters. The van der Waals surface area contributed by atoms with Gasteiger partial charge in [-0.2, -0.15) is 0 Å². The van der Waals surface area contributed by atoms with E-state index < -0.39 is 16.0 Å². The average molecular weight is 404 g/mol. The van der Waals surface area contributed by atoms with Crippen LogP contribution in [0, 0.1) is 13.8 Å². The number of esters is 1. The second-order valence-corrected chi connectivity index (χ2v) is 8.61. The van der Waals surface area contributed by atoms with E-state index in [1.807, 2.05) is 6.07 Å². The van der Waals surface area contributed by atoms with Gasteiger partial charge >= 0.3 is 5.97 Å². The van der Waals surface area contributed by atoms with Crippen molar-refractivity contribution >= 4 is 21.8 Å². The standard InChI is InChI=1S/C20H24N2O5S/c1-13-10-17(26-3)11-14(2)19(13)28(24,25)22-9-5-6-15-7-8-16(21-20(15)22)12-18(23)27-4/h7-8,10-11H,5-6,9,12H2,1-4H3. The molecular weight excluding hydrogens is 380 g/mol. The first-order valence-electron chi connectivity index (χ1n) is 9.01. The summed E-state index contributed by atoms with van der Waals surface area (Å²) in [5, 5.41) is 0. The van der Waals surface area contributed by atoms with Gasteiger partial charge in [0, 0.05) is 6.54 Å². The maximum atomic E-state index is 13.5. The van der Waals surface area contributed by atoms with Crippen LogP contribution in [-0.2, 0) is 32.4 Å². The molecule has 0 atom stereocenters. The highest BCUT2D eigenvalue weighted by molar-refractivity contribution is 7.93. The van der Waals surface area contributed by atoms with E-state index in [0.29, 0.717) is 41.4 Å². The van der Waals surface area contributed by atoms with Crippen LogP contribution in [0.5, 0.6) is 5.75 Å². The molecule has 2 heterocycles. The Balaban J connectivity index is 2.08. The van der Waals surface area contributed by atoms with Crippen LogP contribution in [0.4, 0.5) is 5.82 Å². The summed E-state index contributed by atoms with van der Waals surface area (Å²) < 4.78 is 38.4. The Labute approximate surface area is 165 Å². The van der Waals surface area contributed by atoms with E-state index in [-0.39, 0.29) is 11.3 Å². The van der Waals surface area contributed by atoms with Crippen molar-refractivity contribution < 1.29 is 22.7 Å². The zero-order chi connectivity index (χ0) is 20.5. The van der Waals surface area contributed by atoms with Gasteiger partial charge < -0.3 is 9.47 Å². The second kappa shape index (κ2) is 7.79. The number of aryl methyl sites for hydroxylation is 3. The van der Waals surface area contributed by atoms with Crippen LogP contribution < -0.4 is 9.04 Å². The Kier molecular flexibility index (Phi) is 5.60. The molecular formula is C20H24N2O5S. The van der Waals surface area contributed by atoms with Gasteiger partial charge in [0.05, 0.1) is 31.2 Å². The van der Waals surface area contributed by atoms with Gasteiger partial charge in [-0.3, -0.25) is 4.79 Å². The molecule has 0 saturated heterocycles. The van der Waals surface area contributed by atoms with Crippen LogP contribution in [0.3, 0.4) is 0 Å². The molecule has 0 N–H and O–H groups in total. The summed E-state index contributed by atoms with van der Waals surface area (Å²) >= 11 is 0. The fourth-order valence-corrected chi connectivity index (χ4v) is 5.45. The Morgan fingerprint density at radius 3 is 2.46 bits per heavy atom. The molecule has 7 nitrogen and oxygen atoms in total. The summed E-state index contributed by atoms with van der Waals surface area (Å²) in [6.07, 6.45) is 1.45. The lowest BCUT2D eigenvalue weighted by Gasteiger charge is -2.30. The third-order valence-corrected chi connectivity index (χ3v) is 6.92. The van der Waals surface area contributed by atoms with Crippen molar-refractivity contribution in [1.82, 2.24) is 4.98 Å². The fraction of sp³-hybridized carbons (Fsp3) is 0.400. The van der Waals surface area contributed by atoms with Crippen LogP contribution in [0.15, 0.2) is 29.2 Å². The topological polar surface area (TPSA) is 85.8 Å². The number of methoxy groups -OCH3 is 2. The van der Waals surface area contributed by atoms with E-state index in [1.165, 1.54) is 11.4 Å². The van der Waals surface area contributed by atoms with Gasteiger partial charge in [-0.1, -0.05) is 6.07 Å². The van der Waals surface area contributed by atoms with Crippen molar-refractivity contribution in [2.75, 3.05) is 25.1 Å². The van der Waals surface area contributed by atoms with Crippen LogP contribution in [-0.4, -0.2) is 40.1 Å². The van der Waals surface area contributed by atoms with E-state index >= 15 is 0 Å². The maximum Gasteiger partial charge on any atom is 0.311 e. The summed E-state index contributed by atoms with van der Waals surface area (Å²) in [4.78, 5) is 16.3. The largest absolute Gasteiger partial charge is 0.497 e. The highest BCUT2D eigenvalue weighted by Crippen LogP contribution is 2.34. The first-order valence-corrected chi connectivity index (χ1v) is 10.5. The minimum absolute atomic E-state index is 0.00173. The number of anilines is 1. The third-order valence-electron chi connectivity index (χ3n) is 4.83. The molecule has 8 heteroatoms. The van der Waals surface area contributed by atoms with Gasteiger partial charge in [0.15, 0.2) is 0 Å². The first-order chi connectivity index (χ1) is 13.3. The molecule has 3 rings (SSSR count). The SMILES string of the molecule is COC(=O)Cc1ccc2c(n1)N(S(=O)(=O)c1c(C)cc(OC)cc1C)CCC2. The first kappa shape index (κ1) is 20.1. The summed E-state index contributed by atoms with van der Waals surface area (Å²) in [5.41, 5.74) is 2.58. The predicted molar refractivity (Wildman–Crippen MR) is 105 cm³/mol. The monoisotopic (exact) mass is 404 g/mol. The van der Waals surface area contributed by atoms with Gasteiger partial charge in [-0.25, -0.2) is 17.7 Å². The lowest BCUT2D eigenvalue weighted by atomic mass is 10.1. The minimum atomic E-state index is -3.81. The Morgan fingerprint density at radius 2 is 1.86 bits per heavy atom. The molecule has 1 aromatic carbocycles. The van der Waals surface area contributed by atoms with Crippen molar-refractivity contribution in [2.24, 2.45) is 0 Å². The summed E-state index contributed by atoms with van der Waals surface area (Å²) in [5.74, 6) is 0.591. The van der Waals surface area contributed by atoms with Crippen LogP contribution >= 0.6 is 0 Å². The number of fused-ring (bicyclic) bond motifs is 1. The normalized spacial score (nSPS) is 13.8. The summed E-state index contributed by atoms with van der Waals surface area (Å²) in [6, 6.07) is 7.02. The molecule has 1 aliphatic heterocycles. The summed E-state index contributed by atoms with van der Waals surface area (Å²) in [7, 11) is -0.950. The molecule has 0 spiro atoms. The van der Waals surface area contributed by atoms with Crippen molar-refractivity contribution in [3.05, 3.63) is 46.6 Å². The molecule has 28 heavy (non-hydrogen) atoms. The number of hydrogen-bond acceptors (Lipinski definition) is 6. The molecule has 0 fully saturated rings. The number of ether oxygens (including phenoxy) is 2. The number of carbonyl (C=O) groups excluding carboxylic acids is 1. The number of hydrogen-bond donors (Lipinski definition) is 0. The lowest BCUT2D eigenvalue weighted by Crippen LogP contribution is -2.37. The summed E-state index contributed by atoms with van der Waals surface area (Å²) in [6.45, 7) is 3.86. The number of nitrogens with zero attached hydrogens (tertiary/aromatic N) is 2. The second-order valence-electron chi connectivity index (χ2n) is 6.81. The number of sulfonamides is 1. The minimum Gasteiger partial charge on any atom is -0.497 e. The molecule has 1 aromatic heterocycles. The zero-order valence-corrected chi connectivity index (χ0v) is 17.3. The van der Waals surface area contributed by atoms with Crippen LogP contribution in [0.2, 0.25) is 0 Å². The molecule has 0 bridgehead atoms. The van der Waals surface area contributed by atoms with E-state index in [9.17, 15) is 13.2 Å². The van der Waals surface area contributed by atoms with Gasteiger partial charge in [-0.15, -0.1) is 0 Å². The molecule has 0 aliphatic carbocycles. The Hall–Kier alpha value is -2.61. The number of rotatable bonds is 5. The number of aromatic nitrogens is 1. The Bertz CT molecular complexity index is 994. The highest BCUT2D eigenvalue weighted by Gasteiger charge is 2.33. The maximum absolute atomic E-state index is 13.5. The molecule has 1 aliphatic rings. The zero-order valence-electron chi connectivity index (χ0n) is 16.5. The van der Waals surface area contributed by atoms with E-state index in [2.05, 4.69) is 4.98 Å². The molecule has 0 saturated carbocycles. The molecule has 2 aromatic rings. The quantitative estimate of drug-likeness (QED) is 0.712. The van der Waals surface area contributed by atoms with Crippen molar-refractivity contribution in [3.63, 3.8) is 0 Å². The van der Waals surface area contributed by atoms with E-state index in [0.717, 1.165) is 12.0 Å². The van der Waals surface area contributed by atoms with Gasteiger partial charge in [0.1, 0.15) is 11.6 Å². The molecule has 0 radical (unpaired) electrons. The van der Waals surface area contributed by atoms with Crippen molar-refractivity contribution in [2.45, 2.75) is 38.0 Å². The molecule has 0 amide bonds. The Morgan fingerprint density at radius 1 is 1.18 bits per heavy atom.